The van der Waals surface area contributed by atoms with Gasteiger partial charge in [-0.25, -0.2) is 4.98 Å². The first-order valence-corrected chi connectivity index (χ1v) is 6.62. The lowest BCUT2D eigenvalue weighted by Crippen LogP contribution is -2.27. The summed E-state index contributed by atoms with van der Waals surface area (Å²) in [6.07, 6.45) is 1.90. The third-order valence-corrected chi connectivity index (χ3v) is 4.36. The van der Waals surface area contributed by atoms with E-state index in [1.807, 2.05) is 31.8 Å². The number of hydrogen-bond donors (Lipinski definition) is 1. The van der Waals surface area contributed by atoms with E-state index in [-0.39, 0.29) is 5.54 Å². The van der Waals surface area contributed by atoms with Gasteiger partial charge in [0.25, 0.3) is 0 Å². The molecule has 0 spiro atoms. The number of nitrogens with two attached hydrogens (primary N) is 1. The lowest BCUT2D eigenvalue weighted by atomic mass is 10.1. The van der Waals surface area contributed by atoms with E-state index in [1.54, 1.807) is 11.3 Å². The third kappa shape index (κ3) is 3.59. The van der Waals surface area contributed by atoms with Crippen LogP contribution in [-0.4, -0.2) is 10.2 Å². The van der Waals surface area contributed by atoms with Crippen LogP contribution < -0.4 is 5.73 Å². The molecule has 80 valence electrons. The molecule has 0 unspecified atom stereocenters. The molecule has 0 aromatic carbocycles. The number of hydrogen-bond acceptors (Lipinski definition) is 4. The molecule has 2 N–H and O–H groups in total. The van der Waals surface area contributed by atoms with Crippen molar-refractivity contribution in [3.63, 3.8) is 0 Å². The summed E-state index contributed by atoms with van der Waals surface area (Å²) in [4.78, 5) is 5.54. The van der Waals surface area contributed by atoms with E-state index in [2.05, 4.69) is 18.8 Å². The summed E-state index contributed by atoms with van der Waals surface area (Å²) in [5.41, 5.74) is 5.74. The Kier molecular flexibility index (Phi) is 3.98. The molecule has 0 atom stereocenters. The second-order valence-corrected chi connectivity index (χ2v) is 6.88. The number of nitrogens with zero attached hydrogens (tertiary/aromatic N) is 1. The summed E-state index contributed by atoms with van der Waals surface area (Å²) < 4.78 is 0. The van der Waals surface area contributed by atoms with E-state index < -0.39 is 0 Å². The number of thioether (sulfide) groups is 1. The standard InChI is InChI=1S/C10H18N2S2/c1-7(2)13-6-9-12-5-8(14-9)10(3,4)11/h5,7H,6,11H2,1-4H3. The first-order valence-electron chi connectivity index (χ1n) is 4.75. The second-order valence-electron chi connectivity index (χ2n) is 4.20. The van der Waals surface area contributed by atoms with Gasteiger partial charge in [-0.2, -0.15) is 11.8 Å². The molecule has 0 saturated carbocycles. The predicted molar refractivity (Wildman–Crippen MR) is 65.8 cm³/mol. The zero-order chi connectivity index (χ0) is 10.8. The Morgan fingerprint density at radius 1 is 1.57 bits per heavy atom. The van der Waals surface area contributed by atoms with Gasteiger partial charge in [0.1, 0.15) is 5.01 Å². The lowest BCUT2D eigenvalue weighted by molar-refractivity contribution is 0.566. The topological polar surface area (TPSA) is 38.9 Å². The minimum Gasteiger partial charge on any atom is -0.321 e. The first-order chi connectivity index (χ1) is 6.39. The Morgan fingerprint density at radius 2 is 2.21 bits per heavy atom. The molecule has 0 aliphatic rings. The van der Waals surface area contributed by atoms with E-state index in [4.69, 9.17) is 5.73 Å². The highest BCUT2D eigenvalue weighted by molar-refractivity contribution is 7.99. The number of aromatic nitrogens is 1. The molecule has 0 saturated heterocycles. The Hall–Kier alpha value is -0.0600. The lowest BCUT2D eigenvalue weighted by Gasteiger charge is -2.14. The summed E-state index contributed by atoms with van der Waals surface area (Å²) in [6, 6.07) is 0. The van der Waals surface area contributed by atoms with Crippen molar-refractivity contribution in [2.45, 2.75) is 44.2 Å². The predicted octanol–water partition coefficient (Wildman–Crippen LogP) is 2.98. The molecular formula is C10H18N2S2. The van der Waals surface area contributed by atoms with E-state index in [0.29, 0.717) is 5.25 Å². The highest BCUT2D eigenvalue weighted by Gasteiger charge is 2.17. The van der Waals surface area contributed by atoms with Crippen LogP contribution in [0, 0.1) is 0 Å². The maximum atomic E-state index is 5.99. The van der Waals surface area contributed by atoms with Crippen molar-refractivity contribution >= 4 is 23.1 Å². The van der Waals surface area contributed by atoms with Gasteiger partial charge in [-0.05, 0) is 19.1 Å². The third-order valence-electron chi connectivity index (χ3n) is 1.73. The summed E-state index contributed by atoms with van der Waals surface area (Å²) in [5.74, 6) is 0.998. The summed E-state index contributed by atoms with van der Waals surface area (Å²) >= 11 is 3.64. The van der Waals surface area contributed by atoms with Gasteiger partial charge in [0.2, 0.25) is 0 Å². The van der Waals surface area contributed by atoms with Crippen LogP contribution in [0.5, 0.6) is 0 Å². The minimum absolute atomic E-state index is 0.252. The molecule has 0 bridgehead atoms. The fraction of sp³-hybridized carbons (Fsp3) is 0.700. The quantitative estimate of drug-likeness (QED) is 0.864. The van der Waals surface area contributed by atoms with Crippen LogP contribution in [0.2, 0.25) is 0 Å². The molecule has 2 nitrogen and oxygen atoms in total. The van der Waals surface area contributed by atoms with Crippen molar-refractivity contribution in [3.8, 4) is 0 Å². The molecule has 0 aliphatic carbocycles. The van der Waals surface area contributed by atoms with Crippen LogP contribution in [0.3, 0.4) is 0 Å². The average Bonchev–Trinajstić information content (AvgIpc) is 2.47. The van der Waals surface area contributed by atoms with Crippen LogP contribution in [0.4, 0.5) is 0 Å². The van der Waals surface area contributed by atoms with Crippen molar-refractivity contribution in [1.82, 2.24) is 4.98 Å². The minimum atomic E-state index is -0.252. The van der Waals surface area contributed by atoms with Crippen molar-refractivity contribution in [1.29, 1.82) is 0 Å². The van der Waals surface area contributed by atoms with Crippen LogP contribution in [0.25, 0.3) is 0 Å². The Balaban J connectivity index is 2.60. The van der Waals surface area contributed by atoms with Gasteiger partial charge in [-0.3, -0.25) is 0 Å². The fourth-order valence-electron chi connectivity index (χ4n) is 0.913. The molecule has 1 rings (SSSR count). The molecular weight excluding hydrogens is 212 g/mol. The summed E-state index contributed by atoms with van der Waals surface area (Å²) in [7, 11) is 0. The van der Waals surface area contributed by atoms with Crippen molar-refractivity contribution in [2.75, 3.05) is 0 Å². The van der Waals surface area contributed by atoms with Gasteiger partial charge in [-0.15, -0.1) is 11.3 Å². The van der Waals surface area contributed by atoms with Crippen LogP contribution in [0.1, 0.15) is 37.6 Å². The Morgan fingerprint density at radius 3 is 2.64 bits per heavy atom. The summed E-state index contributed by atoms with van der Waals surface area (Å²) in [5, 5.41) is 1.84. The maximum absolute atomic E-state index is 5.99. The molecule has 1 aromatic rings. The number of thiazole rings is 1. The van der Waals surface area contributed by atoms with Gasteiger partial charge in [-0.1, -0.05) is 13.8 Å². The van der Waals surface area contributed by atoms with Crippen molar-refractivity contribution < 1.29 is 0 Å². The van der Waals surface area contributed by atoms with Crippen LogP contribution in [0.15, 0.2) is 6.20 Å². The van der Waals surface area contributed by atoms with Crippen molar-refractivity contribution in [2.24, 2.45) is 5.73 Å². The molecule has 0 fully saturated rings. The van der Waals surface area contributed by atoms with E-state index in [0.717, 1.165) is 10.6 Å². The van der Waals surface area contributed by atoms with Gasteiger partial charge in [0, 0.05) is 22.4 Å². The van der Waals surface area contributed by atoms with Crippen LogP contribution in [-0.2, 0) is 11.3 Å². The van der Waals surface area contributed by atoms with Crippen LogP contribution >= 0.6 is 23.1 Å². The monoisotopic (exact) mass is 230 g/mol. The molecule has 4 heteroatoms. The van der Waals surface area contributed by atoms with Crippen molar-refractivity contribution in [3.05, 3.63) is 16.1 Å². The normalized spacial score (nSPS) is 12.4. The molecule has 1 aromatic heterocycles. The fourth-order valence-corrected chi connectivity index (χ4v) is 2.63. The van der Waals surface area contributed by atoms with E-state index >= 15 is 0 Å². The van der Waals surface area contributed by atoms with Gasteiger partial charge < -0.3 is 5.73 Å². The molecule has 0 radical (unpaired) electrons. The van der Waals surface area contributed by atoms with E-state index in [9.17, 15) is 0 Å². The smallest absolute Gasteiger partial charge is 0.103 e. The molecule has 1 heterocycles. The SMILES string of the molecule is CC(C)SCc1ncc(C(C)(C)N)s1. The number of rotatable bonds is 4. The van der Waals surface area contributed by atoms with Gasteiger partial charge in [0.15, 0.2) is 0 Å². The zero-order valence-corrected chi connectivity index (χ0v) is 10.8. The zero-order valence-electron chi connectivity index (χ0n) is 9.20. The largest absolute Gasteiger partial charge is 0.321 e. The Labute approximate surface area is 94.3 Å². The highest BCUT2D eigenvalue weighted by atomic mass is 32.2. The highest BCUT2D eigenvalue weighted by Crippen LogP contribution is 2.26. The van der Waals surface area contributed by atoms with E-state index in [1.165, 1.54) is 5.01 Å². The first kappa shape index (κ1) is 12.0. The molecule has 14 heavy (non-hydrogen) atoms. The van der Waals surface area contributed by atoms with Gasteiger partial charge in [0.05, 0.1) is 0 Å². The van der Waals surface area contributed by atoms with Gasteiger partial charge >= 0.3 is 0 Å². The Bertz CT molecular complexity index is 287. The summed E-state index contributed by atoms with van der Waals surface area (Å²) in [6.45, 7) is 8.43. The average molecular weight is 230 g/mol. The molecule has 0 amide bonds. The maximum Gasteiger partial charge on any atom is 0.103 e. The molecule has 0 aliphatic heterocycles. The second kappa shape index (κ2) is 4.64.